The van der Waals surface area contributed by atoms with Crippen LogP contribution in [-0.2, 0) is 20.1 Å². The molecule has 0 aliphatic carbocycles. The third kappa shape index (κ3) is 4.26. The molecule has 140 valence electrons. The molecule has 6 heteroatoms. The Morgan fingerprint density at radius 3 is 2.78 bits per heavy atom. The van der Waals surface area contributed by atoms with Crippen LogP contribution in [0.25, 0.3) is 11.3 Å². The molecule has 1 aromatic heterocycles. The summed E-state index contributed by atoms with van der Waals surface area (Å²) < 4.78 is 13.4. The van der Waals surface area contributed by atoms with Crippen molar-refractivity contribution in [3.8, 4) is 22.8 Å². The van der Waals surface area contributed by atoms with Gasteiger partial charge in [0, 0.05) is 48.9 Å². The maximum Gasteiger partial charge on any atom is 0.161 e. The van der Waals surface area contributed by atoms with E-state index in [0.717, 1.165) is 51.9 Å². The maximum atomic E-state index is 6.06. The van der Waals surface area contributed by atoms with Crippen molar-refractivity contribution < 1.29 is 9.47 Å². The predicted molar refractivity (Wildman–Crippen MR) is 106 cm³/mol. The van der Waals surface area contributed by atoms with Crippen LogP contribution in [0.15, 0.2) is 48.7 Å². The van der Waals surface area contributed by atoms with Crippen molar-refractivity contribution in [2.75, 3.05) is 13.2 Å². The molecule has 1 aliphatic heterocycles. The van der Waals surface area contributed by atoms with Gasteiger partial charge in [-0.15, -0.1) is 0 Å². The first-order chi connectivity index (χ1) is 13.2. The SMILES string of the molecule is Cn1cc(CNCc2cccc(Cl)c2)c(-c2ccc3c(c2)OCCCO3)n1. The predicted octanol–water partition coefficient (Wildman–Crippen LogP) is 4.19. The lowest BCUT2D eigenvalue weighted by molar-refractivity contribution is 0.297. The number of nitrogens with one attached hydrogen (secondary N) is 1. The van der Waals surface area contributed by atoms with Gasteiger partial charge in [-0.25, -0.2) is 0 Å². The van der Waals surface area contributed by atoms with Gasteiger partial charge in [0.1, 0.15) is 0 Å². The van der Waals surface area contributed by atoms with Crippen molar-refractivity contribution in [2.45, 2.75) is 19.5 Å². The van der Waals surface area contributed by atoms with E-state index in [1.807, 2.05) is 54.3 Å². The minimum absolute atomic E-state index is 0.673. The largest absolute Gasteiger partial charge is 0.490 e. The fourth-order valence-corrected chi connectivity index (χ4v) is 3.42. The van der Waals surface area contributed by atoms with Crippen molar-refractivity contribution in [1.29, 1.82) is 0 Å². The zero-order chi connectivity index (χ0) is 18.6. The number of nitrogens with zero attached hydrogens (tertiary/aromatic N) is 2. The number of ether oxygens (including phenoxy) is 2. The van der Waals surface area contributed by atoms with Gasteiger partial charge in [-0.05, 0) is 35.9 Å². The molecule has 0 atom stereocenters. The van der Waals surface area contributed by atoms with E-state index < -0.39 is 0 Å². The Morgan fingerprint density at radius 1 is 1.07 bits per heavy atom. The summed E-state index contributed by atoms with van der Waals surface area (Å²) in [6.07, 6.45) is 2.94. The Bertz CT molecular complexity index is 939. The monoisotopic (exact) mass is 383 g/mol. The van der Waals surface area contributed by atoms with Crippen LogP contribution in [0.4, 0.5) is 0 Å². The van der Waals surface area contributed by atoms with Crippen molar-refractivity contribution in [1.82, 2.24) is 15.1 Å². The minimum atomic E-state index is 0.673. The topological polar surface area (TPSA) is 48.3 Å². The summed E-state index contributed by atoms with van der Waals surface area (Å²) in [6.45, 7) is 2.82. The molecule has 2 heterocycles. The highest BCUT2D eigenvalue weighted by molar-refractivity contribution is 6.30. The van der Waals surface area contributed by atoms with Crippen LogP contribution in [0.2, 0.25) is 5.02 Å². The molecular formula is C21H22ClN3O2. The summed E-state index contributed by atoms with van der Waals surface area (Å²) >= 11 is 6.06. The number of rotatable bonds is 5. The van der Waals surface area contributed by atoms with E-state index in [0.29, 0.717) is 19.8 Å². The van der Waals surface area contributed by atoms with Crippen molar-refractivity contribution >= 4 is 11.6 Å². The summed E-state index contributed by atoms with van der Waals surface area (Å²) in [6, 6.07) is 13.9. The lowest BCUT2D eigenvalue weighted by atomic mass is 10.1. The summed E-state index contributed by atoms with van der Waals surface area (Å²) in [5.41, 5.74) is 4.27. The van der Waals surface area contributed by atoms with Gasteiger partial charge in [0.15, 0.2) is 11.5 Å². The van der Waals surface area contributed by atoms with Gasteiger partial charge in [0.25, 0.3) is 0 Å². The van der Waals surface area contributed by atoms with Crippen molar-refractivity contribution in [3.63, 3.8) is 0 Å². The summed E-state index contributed by atoms with van der Waals surface area (Å²) in [4.78, 5) is 0. The molecule has 0 saturated carbocycles. The molecule has 3 aromatic rings. The first kappa shape index (κ1) is 17.9. The number of hydrogen-bond acceptors (Lipinski definition) is 4. The molecule has 0 amide bonds. The molecule has 0 bridgehead atoms. The van der Waals surface area contributed by atoms with E-state index >= 15 is 0 Å². The lowest BCUT2D eigenvalue weighted by Crippen LogP contribution is -2.12. The molecule has 0 saturated heterocycles. The molecule has 27 heavy (non-hydrogen) atoms. The van der Waals surface area contributed by atoms with Crippen molar-refractivity contribution in [2.24, 2.45) is 7.05 Å². The molecule has 0 spiro atoms. The Kier molecular flexibility index (Phi) is 5.32. The first-order valence-corrected chi connectivity index (χ1v) is 9.44. The third-order valence-corrected chi connectivity index (χ3v) is 4.69. The van der Waals surface area contributed by atoms with E-state index in [9.17, 15) is 0 Å². The number of halogens is 1. The quantitative estimate of drug-likeness (QED) is 0.717. The second kappa shape index (κ2) is 8.03. The highest BCUT2D eigenvalue weighted by Gasteiger charge is 2.15. The summed E-state index contributed by atoms with van der Waals surface area (Å²) in [5.74, 6) is 1.58. The second-order valence-corrected chi connectivity index (χ2v) is 7.06. The normalized spacial score (nSPS) is 13.4. The average Bonchev–Trinajstić information content (AvgIpc) is 2.88. The standard InChI is InChI=1S/C21H22ClN3O2/c1-25-14-17(13-23-12-15-4-2-5-18(22)10-15)21(24-25)16-6-7-19-20(11-16)27-9-3-8-26-19/h2,4-7,10-11,14,23H,3,8-9,12-13H2,1H3. The van der Waals surface area contributed by atoms with Gasteiger partial charge in [0.05, 0.1) is 18.9 Å². The van der Waals surface area contributed by atoms with E-state index in [-0.39, 0.29) is 0 Å². The number of fused-ring (bicyclic) bond motifs is 1. The third-order valence-electron chi connectivity index (χ3n) is 4.46. The Balaban J connectivity index is 1.52. The lowest BCUT2D eigenvalue weighted by Gasteiger charge is -2.10. The van der Waals surface area contributed by atoms with Crippen LogP contribution in [0.1, 0.15) is 17.5 Å². The van der Waals surface area contributed by atoms with Gasteiger partial charge < -0.3 is 14.8 Å². The average molecular weight is 384 g/mol. The van der Waals surface area contributed by atoms with Gasteiger partial charge in [0.2, 0.25) is 0 Å². The number of aromatic nitrogens is 2. The number of hydrogen-bond donors (Lipinski definition) is 1. The van der Waals surface area contributed by atoms with E-state index in [1.165, 1.54) is 0 Å². The molecule has 1 aliphatic rings. The van der Waals surface area contributed by atoms with Crippen LogP contribution in [0.3, 0.4) is 0 Å². The molecule has 0 radical (unpaired) electrons. The van der Waals surface area contributed by atoms with Gasteiger partial charge in [-0.1, -0.05) is 23.7 Å². The van der Waals surface area contributed by atoms with E-state index in [4.69, 9.17) is 21.1 Å². The molecule has 2 aromatic carbocycles. The van der Waals surface area contributed by atoms with Crippen LogP contribution in [-0.4, -0.2) is 23.0 Å². The van der Waals surface area contributed by atoms with Crippen LogP contribution in [0.5, 0.6) is 11.5 Å². The smallest absolute Gasteiger partial charge is 0.161 e. The zero-order valence-corrected chi connectivity index (χ0v) is 16.0. The second-order valence-electron chi connectivity index (χ2n) is 6.62. The van der Waals surface area contributed by atoms with Gasteiger partial charge >= 0.3 is 0 Å². The van der Waals surface area contributed by atoms with Crippen molar-refractivity contribution in [3.05, 3.63) is 64.8 Å². The summed E-state index contributed by atoms with van der Waals surface area (Å²) in [5, 5.41) is 8.88. The molecular weight excluding hydrogens is 362 g/mol. The van der Waals surface area contributed by atoms with E-state index in [1.54, 1.807) is 0 Å². The van der Waals surface area contributed by atoms with Crippen LogP contribution < -0.4 is 14.8 Å². The molecule has 0 fully saturated rings. The highest BCUT2D eigenvalue weighted by atomic mass is 35.5. The van der Waals surface area contributed by atoms with Crippen LogP contribution in [0, 0.1) is 0 Å². The molecule has 5 nitrogen and oxygen atoms in total. The minimum Gasteiger partial charge on any atom is -0.490 e. The number of benzene rings is 2. The molecule has 4 rings (SSSR count). The summed E-state index contributed by atoms with van der Waals surface area (Å²) in [7, 11) is 1.94. The van der Waals surface area contributed by atoms with E-state index in [2.05, 4.69) is 16.5 Å². The fraction of sp³-hybridized carbons (Fsp3) is 0.286. The van der Waals surface area contributed by atoms with Crippen LogP contribution >= 0.6 is 11.6 Å². The molecule has 0 unspecified atom stereocenters. The maximum absolute atomic E-state index is 6.06. The van der Waals surface area contributed by atoms with Gasteiger partial charge in [-0.3, -0.25) is 4.68 Å². The number of aryl methyl sites for hydroxylation is 1. The highest BCUT2D eigenvalue weighted by Crippen LogP contribution is 2.34. The van der Waals surface area contributed by atoms with Gasteiger partial charge in [-0.2, -0.15) is 5.10 Å². The Morgan fingerprint density at radius 2 is 1.93 bits per heavy atom. The fourth-order valence-electron chi connectivity index (χ4n) is 3.21. The first-order valence-electron chi connectivity index (χ1n) is 9.07. The Hall–Kier alpha value is -2.50. The zero-order valence-electron chi connectivity index (χ0n) is 15.2. The molecule has 1 N–H and O–H groups in total. The Labute approximate surface area is 163 Å².